The maximum atomic E-state index is 10.1. The number of hydrogen-bond donors (Lipinski definition) is 1. The van der Waals surface area contributed by atoms with Gasteiger partial charge in [-0.25, -0.2) is 4.98 Å². The van der Waals surface area contributed by atoms with Crippen molar-refractivity contribution in [2.45, 2.75) is 6.92 Å². The molecule has 0 bridgehead atoms. The van der Waals surface area contributed by atoms with Gasteiger partial charge in [-0.1, -0.05) is 12.1 Å². The van der Waals surface area contributed by atoms with Crippen LogP contribution in [0.5, 0.6) is 5.75 Å². The third kappa shape index (κ3) is 1.46. The summed E-state index contributed by atoms with van der Waals surface area (Å²) in [5, 5.41) is 10.1. The van der Waals surface area contributed by atoms with Crippen LogP contribution in [-0.4, -0.2) is 19.6 Å². The molecule has 0 saturated heterocycles. The number of aromatic nitrogens is 3. The fourth-order valence-electron chi connectivity index (χ4n) is 2.13. The highest BCUT2D eigenvalue weighted by Gasteiger charge is 2.13. The first-order chi connectivity index (χ1) is 8.68. The Kier molecular flexibility index (Phi) is 2.30. The molecule has 1 aromatic carbocycles. The molecule has 90 valence electrons. The lowest BCUT2D eigenvalue weighted by molar-refractivity contribution is 0.472. The number of aryl methyl sites for hydroxylation is 2. The number of phenolic OH excluding ortho intramolecular Hbond substituents is 1. The molecule has 0 saturated carbocycles. The Labute approximate surface area is 105 Å². The number of para-hydroxylation sites is 1. The molecule has 18 heavy (non-hydrogen) atoms. The molecule has 0 aliphatic carbocycles. The molecule has 0 unspecified atom stereocenters. The van der Waals surface area contributed by atoms with Crippen molar-refractivity contribution in [3.63, 3.8) is 0 Å². The van der Waals surface area contributed by atoms with Crippen molar-refractivity contribution in [3.8, 4) is 17.1 Å². The zero-order chi connectivity index (χ0) is 12.7. The van der Waals surface area contributed by atoms with Crippen LogP contribution in [0.25, 0.3) is 22.4 Å². The molecular formula is C14H13N3O. The summed E-state index contributed by atoms with van der Waals surface area (Å²) in [5.74, 6) is 1.03. The second-order valence-corrected chi connectivity index (χ2v) is 4.33. The van der Waals surface area contributed by atoms with Gasteiger partial charge in [0.2, 0.25) is 0 Å². The Bertz CT molecular complexity index is 731. The lowest BCUT2D eigenvalue weighted by Gasteiger charge is -2.06. The molecule has 0 aliphatic heterocycles. The van der Waals surface area contributed by atoms with E-state index in [4.69, 9.17) is 0 Å². The normalized spacial score (nSPS) is 11.0. The summed E-state index contributed by atoms with van der Waals surface area (Å²) in [4.78, 5) is 8.59. The first-order valence-electron chi connectivity index (χ1n) is 5.74. The number of nitrogens with zero attached hydrogens (tertiary/aromatic N) is 3. The van der Waals surface area contributed by atoms with Crippen molar-refractivity contribution >= 4 is 11.0 Å². The van der Waals surface area contributed by atoms with Gasteiger partial charge in [0, 0.05) is 13.2 Å². The highest BCUT2D eigenvalue weighted by atomic mass is 16.3. The molecule has 0 atom stereocenters. The number of phenols is 1. The topological polar surface area (TPSA) is 50.9 Å². The molecule has 0 fully saturated rings. The minimum atomic E-state index is 0.281. The van der Waals surface area contributed by atoms with Crippen molar-refractivity contribution in [2.24, 2.45) is 7.05 Å². The molecule has 3 aromatic rings. The first kappa shape index (κ1) is 10.8. The van der Waals surface area contributed by atoms with Crippen LogP contribution in [0.2, 0.25) is 0 Å². The number of fused-ring (bicyclic) bond motifs is 1. The second kappa shape index (κ2) is 3.84. The summed E-state index contributed by atoms with van der Waals surface area (Å²) in [6, 6.07) is 7.58. The number of rotatable bonds is 1. The van der Waals surface area contributed by atoms with Crippen LogP contribution in [-0.2, 0) is 7.05 Å². The molecule has 2 aromatic heterocycles. The molecule has 0 aliphatic rings. The molecule has 0 amide bonds. The van der Waals surface area contributed by atoms with Gasteiger partial charge < -0.3 is 9.67 Å². The Balaban J connectivity index is 2.32. The van der Waals surface area contributed by atoms with Crippen molar-refractivity contribution < 1.29 is 5.11 Å². The van der Waals surface area contributed by atoms with Crippen LogP contribution < -0.4 is 0 Å². The number of pyridine rings is 1. The molecule has 0 radical (unpaired) electrons. The smallest absolute Gasteiger partial charge is 0.144 e. The van der Waals surface area contributed by atoms with Crippen molar-refractivity contribution in [2.75, 3.05) is 0 Å². The minimum Gasteiger partial charge on any atom is -0.507 e. The predicted octanol–water partition coefficient (Wildman–Crippen LogP) is 2.65. The Hall–Kier alpha value is -2.36. The second-order valence-electron chi connectivity index (χ2n) is 4.33. The van der Waals surface area contributed by atoms with Crippen LogP contribution in [0.4, 0.5) is 0 Å². The summed E-state index contributed by atoms with van der Waals surface area (Å²) >= 11 is 0. The molecule has 2 heterocycles. The fourth-order valence-corrected chi connectivity index (χ4v) is 2.13. The summed E-state index contributed by atoms with van der Waals surface area (Å²) < 4.78 is 1.96. The number of aromatic hydroxyl groups is 1. The summed E-state index contributed by atoms with van der Waals surface area (Å²) in [6.45, 7) is 1.88. The Morgan fingerprint density at radius 1 is 1.22 bits per heavy atom. The van der Waals surface area contributed by atoms with E-state index in [9.17, 15) is 5.11 Å². The van der Waals surface area contributed by atoms with E-state index in [1.54, 1.807) is 12.4 Å². The summed E-state index contributed by atoms with van der Waals surface area (Å²) in [7, 11) is 1.94. The van der Waals surface area contributed by atoms with E-state index in [-0.39, 0.29) is 5.75 Å². The van der Waals surface area contributed by atoms with Gasteiger partial charge >= 0.3 is 0 Å². The standard InChI is InChI=1S/C14H13N3O/c1-9-4-3-5-10(13(9)18)14-16-11-8-15-7-6-12(11)17(14)2/h3-8,18H,1-2H3. The van der Waals surface area contributed by atoms with E-state index in [2.05, 4.69) is 9.97 Å². The van der Waals surface area contributed by atoms with Crippen molar-refractivity contribution in [1.82, 2.24) is 14.5 Å². The quantitative estimate of drug-likeness (QED) is 0.710. The maximum Gasteiger partial charge on any atom is 0.144 e. The summed E-state index contributed by atoms with van der Waals surface area (Å²) in [5.41, 5.74) is 3.42. The molecule has 1 N–H and O–H groups in total. The maximum absolute atomic E-state index is 10.1. The average molecular weight is 239 g/mol. The monoisotopic (exact) mass is 239 g/mol. The van der Waals surface area contributed by atoms with Crippen molar-refractivity contribution in [3.05, 3.63) is 42.2 Å². The van der Waals surface area contributed by atoms with Crippen LogP contribution in [0.1, 0.15) is 5.56 Å². The number of hydrogen-bond acceptors (Lipinski definition) is 3. The molecule has 3 rings (SSSR count). The van der Waals surface area contributed by atoms with Gasteiger partial charge in [-0.2, -0.15) is 0 Å². The zero-order valence-electron chi connectivity index (χ0n) is 10.3. The molecule has 4 nitrogen and oxygen atoms in total. The van der Waals surface area contributed by atoms with Crippen LogP contribution in [0, 0.1) is 6.92 Å². The predicted molar refractivity (Wildman–Crippen MR) is 70.3 cm³/mol. The van der Waals surface area contributed by atoms with Gasteiger partial charge in [0.15, 0.2) is 0 Å². The van der Waals surface area contributed by atoms with E-state index in [0.717, 1.165) is 28.0 Å². The van der Waals surface area contributed by atoms with Crippen LogP contribution >= 0.6 is 0 Å². The SMILES string of the molecule is Cc1cccc(-c2nc3cnccc3n2C)c1O. The molecule has 0 spiro atoms. The largest absolute Gasteiger partial charge is 0.507 e. The van der Waals surface area contributed by atoms with Gasteiger partial charge in [0.05, 0.1) is 17.3 Å². The zero-order valence-corrected chi connectivity index (χ0v) is 10.3. The average Bonchev–Trinajstić information content (AvgIpc) is 2.71. The van der Waals surface area contributed by atoms with Gasteiger partial charge in [0.25, 0.3) is 0 Å². The third-order valence-electron chi connectivity index (χ3n) is 3.16. The molecular weight excluding hydrogens is 226 g/mol. The van der Waals surface area contributed by atoms with Gasteiger partial charge in [0.1, 0.15) is 17.1 Å². The number of benzene rings is 1. The van der Waals surface area contributed by atoms with E-state index in [0.29, 0.717) is 0 Å². The molecule has 4 heteroatoms. The lowest BCUT2D eigenvalue weighted by Crippen LogP contribution is -1.93. The highest BCUT2D eigenvalue weighted by Crippen LogP contribution is 2.32. The highest BCUT2D eigenvalue weighted by molar-refractivity contribution is 5.81. The minimum absolute atomic E-state index is 0.281. The van der Waals surface area contributed by atoms with E-state index >= 15 is 0 Å². The third-order valence-corrected chi connectivity index (χ3v) is 3.16. The van der Waals surface area contributed by atoms with Crippen molar-refractivity contribution in [1.29, 1.82) is 0 Å². The van der Waals surface area contributed by atoms with Gasteiger partial charge in [-0.05, 0) is 24.6 Å². The van der Waals surface area contributed by atoms with Gasteiger partial charge in [-0.3, -0.25) is 4.98 Å². The lowest BCUT2D eigenvalue weighted by atomic mass is 10.1. The fraction of sp³-hybridized carbons (Fsp3) is 0.143. The van der Waals surface area contributed by atoms with E-state index in [1.807, 2.05) is 42.8 Å². The van der Waals surface area contributed by atoms with E-state index in [1.165, 1.54) is 0 Å². The Morgan fingerprint density at radius 2 is 2.06 bits per heavy atom. The first-order valence-corrected chi connectivity index (χ1v) is 5.74. The summed E-state index contributed by atoms with van der Waals surface area (Å²) in [6.07, 6.45) is 3.47. The van der Waals surface area contributed by atoms with Crippen LogP contribution in [0.15, 0.2) is 36.7 Å². The Morgan fingerprint density at radius 3 is 2.83 bits per heavy atom. The van der Waals surface area contributed by atoms with Gasteiger partial charge in [-0.15, -0.1) is 0 Å². The van der Waals surface area contributed by atoms with Crippen LogP contribution in [0.3, 0.4) is 0 Å². The van der Waals surface area contributed by atoms with E-state index < -0.39 is 0 Å². The number of imidazole rings is 1.